The number of aryl methyl sites for hydroxylation is 2. The van der Waals surface area contributed by atoms with Gasteiger partial charge >= 0.3 is 0 Å². The van der Waals surface area contributed by atoms with Gasteiger partial charge in [-0.1, -0.05) is 18.2 Å². The Morgan fingerprint density at radius 2 is 2.04 bits per heavy atom. The predicted octanol–water partition coefficient (Wildman–Crippen LogP) is 2.66. The first-order valence-corrected chi connectivity index (χ1v) is 8.39. The van der Waals surface area contributed by atoms with E-state index in [1.54, 1.807) is 0 Å². The summed E-state index contributed by atoms with van der Waals surface area (Å²) in [5.41, 5.74) is 1.23. The minimum Gasteiger partial charge on any atom is -0.422 e. The summed E-state index contributed by atoms with van der Waals surface area (Å²) in [4.78, 5) is 2.23. The fourth-order valence-electron chi connectivity index (χ4n) is 3.35. The van der Waals surface area contributed by atoms with Crippen LogP contribution in [0.1, 0.15) is 24.8 Å². The number of hydrogen-bond donors (Lipinski definition) is 0. The molecular weight excluding hydrogens is 304 g/mol. The monoisotopic (exact) mass is 326 g/mol. The molecule has 0 bridgehead atoms. The fourth-order valence-corrected chi connectivity index (χ4v) is 3.35. The molecule has 0 N–H and O–H groups in total. The van der Waals surface area contributed by atoms with Crippen LogP contribution in [-0.4, -0.2) is 45.9 Å². The first-order valence-electron chi connectivity index (χ1n) is 8.39. The molecule has 0 unspecified atom stereocenters. The Labute approximate surface area is 141 Å². The zero-order valence-corrected chi connectivity index (χ0v) is 14.1. The third-order valence-corrected chi connectivity index (χ3v) is 4.45. The van der Waals surface area contributed by atoms with E-state index in [0.717, 1.165) is 19.6 Å². The summed E-state index contributed by atoms with van der Waals surface area (Å²) in [6.45, 7) is 4.60. The molecule has 1 fully saturated rings. The number of ether oxygens (including phenoxy) is 1. The van der Waals surface area contributed by atoms with Crippen LogP contribution in [0.25, 0.3) is 10.9 Å². The summed E-state index contributed by atoms with van der Waals surface area (Å²) in [5.74, 6) is 1.24. The summed E-state index contributed by atoms with van der Waals surface area (Å²) in [6, 6.07) is 10.5. The second-order valence-electron chi connectivity index (χ2n) is 6.51. The van der Waals surface area contributed by atoms with Gasteiger partial charge in [0.05, 0.1) is 6.10 Å². The minimum absolute atomic E-state index is 0.132. The molecule has 24 heavy (non-hydrogen) atoms. The number of morpholine rings is 1. The Bertz CT molecular complexity index is 815. The molecule has 1 aliphatic rings. The highest BCUT2D eigenvalue weighted by Gasteiger charge is 2.28. The molecular formula is C18H22N4O2. The van der Waals surface area contributed by atoms with Crippen LogP contribution in [0.5, 0.6) is 0 Å². The zero-order chi connectivity index (χ0) is 16.5. The molecule has 0 saturated carbocycles. The van der Waals surface area contributed by atoms with Gasteiger partial charge in [0.25, 0.3) is 0 Å². The van der Waals surface area contributed by atoms with E-state index < -0.39 is 0 Å². The summed E-state index contributed by atoms with van der Waals surface area (Å²) in [6.07, 6.45) is 2.86. The molecule has 0 amide bonds. The summed E-state index contributed by atoms with van der Waals surface area (Å²) >= 11 is 0. The number of aromatic nitrogens is 3. The van der Waals surface area contributed by atoms with Gasteiger partial charge in [-0.05, 0) is 31.5 Å². The summed E-state index contributed by atoms with van der Waals surface area (Å²) < 4.78 is 14.0. The smallest absolute Gasteiger partial charge is 0.246 e. The highest BCUT2D eigenvalue weighted by molar-refractivity contribution is 5.79. The molecule has 6 heteroatoms. The highest BCUT2D eigenvalue weighted by atomic mass is 16.5. The molecule has 0 spiro atoms. The Balaban J connectivity index is 1.44. The van der Waals surface area contributed by atoms with E-state index in [2.05, 4.69) is 70.2 Å². The van der Waals surface area contributed by atoms with Crippen molar-refractivity contribution in [2.45, 2.75) is 32.1 Å². The van der Waals surface area contributed by atoms with Crippen LogP contribution in [0.2, 0.25) is 0 Å². The van der Waals surface area contributed by atoms with Crippen molar-refractivity contribution in [3.05, 3.63) is 48.3 Å². The molecule has 2 atom stereocenters. The molecule has 126 valence electrons. The second kappa shape index (κ2) is 6.37. The van der Waals surface area contributed by atoms with Crippen LogP contribution in [0.3, 0.4) is 0 Å². The lowest BCUT2D eigenvalue weighted by Gasteiger charge is -2.32. The molecule has 1 saturated heterocycles. The minimum atomic E-state index is -0.132. The lowest BCUT2D eigenvalue weighted by atomic mass is 10.2. The van der Waals surface area contributed by atoms with Gasteiger partial charge in [-0.25, -0.2) is 0 Å². The lowest BCUT2D eigenvalue weighted by molar-refractivity contribution is -0.0825. The van der Waals surface area contributed by atoms with E-state index in [0.29, 0.717) is 18.2 Å². The van der Waals surface area contributed by atoms with Crippen LogP contribution < -0.4 is 0 Å². The van der Waals surface area contributed by atoms with E-state index >= 15 is 0 Å². The normalized spacial score (nSPS) is 22.2. The third-order valence-electron chi connectivity index (χ3n) is 4.45. The van der Waals surface area contributed by atoms with E-state index in [1.165, 1.54) is 10.9 Å². The van der Waals surface area contributed by atoms with Crippen LogP contribution in [0, 0.1) is 0 Å². The lowest BCUT2D eigenvalue weighted by Crippen LogP contribution is -2.40. The van der Waals surface area contributed by atoms with Crippen molar-refractivity contribution in [2.75, 3.05) is 20.1 Å². The maximum absolute atomic E-state index is 5.92. The number of nitrogens with zero attached hydrogens (tertiary/aromatic N) is 4. The number of rotatable bonds is 4. The SMILES string of the molecule is C[C@@H]1CN(C)C[C@H](c2nnc(CCn3ccc4ccccc43)o2)O1. The van der Waals surface area contributed by atoms with Gasteiger partial charge in [-0.15, -0.1) is 10.2 Å². The van der Waals surface area contributed by atoms with Crippen LogP contribution in [0.4, 0.5) is 0 Å². The molecule has 1 aliphatic heterocycles. The average Bonchev–Trinajstić information content (AvgIpc) is 3.19. The van der Waals surface area contributed by atoms with Crippen LogP contribution in [-0.2, 0) is 17.7 Å². The first-order chi connectivity index (χ1) is 11.7. The van der Waals surface area contributed by atoms with Gasteiger partial charge < -0.3 is 18.6 Å². The number of hydrogen-bond acceptors (Lipinski definition) is 5. The Morgan fingerprint density at radius 3 is 2.92 bits per heavy atom. The van der Waals surface area contributed by atoms with Crippen molar-refractivity contribution in [3.63, 3.8) is 0 Å². The zero-order valence-electron chi connectivity index (χ0n) is 14.1. The molecule has 0 radical (unpaired) electrons. The van der Waals surface area contributed by atoms with Gasteiger partial charge in [0.15, 0.2) is 0 Å². The van der Waals surface area contributed by atoms with Gasteiger partial charge in [0, 0.05) is 37.8 Å². The molecule has 3 heterocycles. The standard InChI is InChI=1S/C18H22N4O2/c1-13-11-21(2)12-16(23-13)18-20-19-17(24-18)8-10-22-9-7-14-5-3-4-6-15(14)22/h3-7,9,13,16H,8,10-12H2,1-2H3/t13-,16-/m1/s1. The maximum Gasteiger partial charge on any atom is 0.246 e. The van der Waals surface area contributed by atoms with E-state index in [4.69, 9.17) is 9.15 Å². The predicted molar refractivity (Wildman–Crippen MR) is 90.7 cm³/mol. The van der Waals surface area contributed by atoms with Crippen molar-refractivity contribution in [1.29, 1.82) is 0 Å². The van der Waals surface area contributed by atoms with E-state index in [1.807, 2.05) is 0 Å². The van der Waals surface area contributed by atoms with Crippen molar-refractivity contribution < 1.29 is 9.15 Å². The van der Waals surface area contributed by atoms with E-state index in [-0.39, 0.29) is 12.2 Å². The Hall–Kier alpha value is -2.18. The molecule has 0 aliphatic carbocycles. The molecule has 3 aromatic rings. The first kappa shape index (κ1) is 15.4. The molecule has 6 nitrogen and oxygen atoms in total. The van der Waals surface area contributed by atoms with Crippen molar-refractivity contribution in [1.82, 2.24) is 19.7 Å². The molecule has 2 aromatic heterocycles. The van der Waals surface area contributed by atoms with Gasteiger partial charge in [0.2, 0.25) is 11.8 Å². The number of benzene rings is 1. The number of likely N-dealkylation sites (N-methyl/N-ethyl adjacent to an activating group) is 1. The van der Waals surface area contributed by atoms with Crippen molar-refractivity contribution in [2.24, 2.45) is 0 Å². The van der Waals surface area contributed by atoms with Crippen molar-refractivity contribution >= 4 is 10.9 Å². The molecule has 1 aromatic carbocycles. The van der Waals surface area contributed by atoms with Crippen LogP contribution >= 0.6 is 0 Å². The van der Waals surface area contributed by atoms with Gasteiger partial charge in [0.1, 0.15) is 6.10 Å². The van der Waals surface area contributed by atoms with Gasteiger partial charge in [-0.3, -0.25) is 0 Å². The topological polar surface area (TPSA) is 56.3 Å². The largest absolute Gasteiger partial charge is 0.422 e. The van der Waals surface area contributed by atoms with E-state index in [9.17, 15) is 0 Å². The fraction of sp³-hybridized carbons (Fsp3) is 0.444. The number of fused-ring (bicyclic) bond motifs is 1. The Morgan fingerprint density at radius 1 is 1.17 bits per heavy atom. The quantitative estimate of drug-likeness (QED) is 0.738. The maximum atomic E-state index is 5.92. The van der Waals surface area contributed by atoms with Crippen molar-refractivity contribution in [3.8, 4) is 0 Å². The second-order valence-corrected chi connectivity index (χ2v) is 6.51. The number of para-hydroxylation sites is 1. The van der Waals surface area contributed by atoms with Crippen LogP contribution in [0.15, 0.2) is 40.9 Å². The summed E-state index contributed by atoms with van der Waals surface area (Å²) in [7, 11) is 2.08. The third kappa shape index (κ3) is 3.07. The Kier molecular flexibility index (Phi) is 4.08. The van der Waals surface area contributed by atoms with Gasteiger partial charge in [-0.2, -0.15) is 0 Å². The highest BCUT2D eigenvalue weighted by Crippen LogP contribution is 2.23. The summed E-state index contributed by atoms with van der Waals surface area (Å²) in [5, 5.41) is 9.63. The molecule has 4 rings (SSSR count). The average molecular weight is 326 g/mol.